The van der Waals surface area contributed by atoms with Crippen molar-refractivity contribution in [1.82, 2.24) is 4.90 Å². The van der Waals surface area contributed by atoms with E-state index in [2.05, 4.69) is 0 Å². The van der Waals surface area contributed by atoms with Crippen LogP contribution in [0.2, 0.25) is 0 Å². The molecule has 0 radical (unpaired) electrons. The van der Waals surface area contributed by atoms with E-state index in [1.807, 2.05) is 26.0 Å². The third kappa shape index (κ3) is 4.24. The number of hydrogen-bond acceptors (Lipinski definition) is 4. The quantitative estimate of drug-likeness (QED) is 0.713. The zero-order valence-corrected chi connectivity index (χ0v) is 17.5. The molecule has 1 fully saturated rings. The van der Waals surface area contributed by atoms with E-state index in [1.54, 1.807) is 36.3 Å². The Balaban J connectivity index is 1.82. The summed E-state index contributed by atoms with van der Waals surface area (Å²) < 4.78 is 5.39. The van der Waals surface area contributed by atoms with Crippen molar-refractivity contribution in [3.8, 4) is 5.75 Å². The summed E-state index contributed by atoms with van der Waals surface area (Å²) in [6, 6.07) is 10.6. The van der Waals surface area contributed by atoms with Crippen LogP contribution in [0.1, 0.15) is 62.0 Å². The number of amides is 1. The Morgan fingerprint density at radius 2 is 1.66 bits per heavy atom. The summed E-state index contributed by atoms with van der Waals surface area (Å²) >= 11 is 0. The van der Waals surface area contributed by atoms with Gasteiger partial charge in [-0.3, -0.25) is 14.4 Å². The first-order valence-corrected chi connectivity index (χ1v) is 9.92. The van der Waals surface area contributed by atoms with Crippen molar-refractivity contribution < 1.29 is 19.1 Å². The van der Waals surface area contributed by atoms with E-state index in [0.717, 1.165) is 29.7 Å². The molecular weight excluding hydrogens is 366 g/mol. The van der Waals surface area contributed by atoms with Gasteiger partial charge in [-0.05, 0) is 62.9 Å². The van der Waals surface area contributed by atoms with E-state index < -0.39 is 0 Å². The van der Waals surface area contributed by atoms with Crippen LogP contribution in [0.4, 0.5) is 0 Å². The van der Waals surface area contributed by atoms with Crippen molar-refractivity contribution in [2.45, 2.75) is 33.6 Å². The maximum atomic E-state index is 13.2. The van der Waals surface area contributed by atoms with Crippen LogP contribution in [-0.2, 0) is 0 Å². The van der Waals surface area contributed by atoms with E-state index in [4.69, 9.17) is 4.74 Å². The summed E-state index contributed by atoms with van der Waals surface area (Å²) in [6.45, 7) is 6.28. The van der Waals surface area contributed by atoms with Crippen molar-refractivity contribution in [1.29, 1.82) is 0 Å². The fraction of sp³-hybridized carbons (Fsp3) is 0.375. The number of aryl methyl sites for hydroxylation is 2. The molecule has 2 aromatic carbocycles. The molecule has 1 aliphatic heterocycles. The first kappa shape index (κ1) is 20.8. The van der Waals surface area contributed by atoms with Crippen LogP contribution >= 0.6 is 0 Å². The van der Waals surface area contributed by atoms with Crippen molar-refractivity contribution in [2.24, 2.45) is 5.92 Å². The Hall–Kier alpha value is -2.95. The summed E-state index contributed by atoms with van der Waals surface area (Å²) in [5.74, 6) is 0.279. The summed E-state index contributed by atoms with van der Waals surface area (Å²) in [4.78, 5) is 39.8. The van der Waals surface area contributed by atoms with Crippen molar-refractivity contribution in [2.75, 3.05) is 20.2 Å². The molecule has 29 heavy (non-hydrogen) atoms. The predicted octanol–water partition coefficient (Wildman–Crippen LogP) is 4.25. The van der Waals surface area contributed by atoms with Crippen molar-refractivity contribution in [3.05, 3.63) is 64.2 Å². The Kier molecular flexibility index (Phi) is 6.16. The van der Waals surface area contributed by atoms with Crippen LogP contribution < -0.4 is 4.74 Å². The van der Waals surface area contributed by atoms with Crippen LogP contribution in [0.15, 0.2) is 36.4 Å². The molecule has 1 saturated heterocycles. The summed E-state index contributed by atoms with van der Waals surface area (Å²) in [7, 11) is 1.63. The molecule has 0 aromatic heterocycles. The average molecular weight is 393 g/mol. The molecule has 0 N–H and O–H groups in total. The van der Waals surface area contributed by atoms with Gasteiger partial charge in [0.15, 0.2) is 11.6 Å². The van der Waals surface area contributed by atoms with E-state index in [1.165, 1.54) is 6.92 Å². The Morgan fingerprint density at radius 1 is 1.03 bits per heavy atom. The Morgan fingerprint density at radius 3 is 2.24 bits per heavy atom. The number of likely N-dealkylation sites (tertiary alicyclic amines) is 1. The zero-order chi connectivity index (χ0) is 21.1. The molecule has 1 amide bonds. The smallest absolute Gasteiger partial charge is 0.254 e. The largest absolute Gasteiger partial charge is 0.496 e. The van der Waals surface area contributed by atoms with Crippen LogP contribution in [0, 0.1) is 19.8 Å². The Labute approximate surface area is 171 Å². The van der Waals surface area contributed by atoms with Gasteiger partial charge >= 0.3 is 0 Å². The van der Waals surface area contributed by atoms with E-state index in [0.29, 0.717) is 29.8 Å². The number of rotatable bonds is 5. The molecule has 1 atom stereocenters. The highest BCUT2D eigenvalue weighted by Gasteiger charge is 2.31. The molecule has 3 rings (SSSR count). The molecule has 0 bridgehead atoms. The van der Waals surface area contributed by atoms with E-state index >= 15 is 0 Å². The van der Waals surface area contributed by atoms with Gasteiger partial charge in [0.1, 0.15) is 5.75 Å². The molecular formula is C24H27NO4. The number of hydrogen-bond donors (Lipinski definition) is 0. The number of nitrogens with zero attached hydrogens (tertiary/aromatic N) is 1. The monoisotopic (exact) mass is 393 g/mol. The van der Waals surface area contributed by atoms with Crippen LogP contribution in [0.25, 0.3) is 0 Å². The molecule has 152 valence electrons. The van der Waals surface area contributed by atoms with Gasteiger partial charge < -0.3 is 9.64 Å². The van der Waals surface area contributed by atoms with Gasteiger partial charge in [-0.2, -0.15) is 0 Å². The second kappa shape index (κ2) is 8.60. The molecule has 0 saturated carbocycles. The minimum absolute atomic E-state index is 0.0520. The third-order valence-corrected chi connectivity index (χ3v) is 5.57. The van der Waals surface area contributed by atoms with Crippen molar-refractivity contribution >= 4 is 17.5 Å². The molecule has 0 unspecified atom stereocenters. The van der Waals surface area contributed by atoms with E-state index in [-0.39, 0.29) is 23.4 Å². The number of Topliss-reactive ketones (excluding diaryl/α,β-unsaturated/α-hetero) is 2. The minimum atomic E-state index is -0.246. The van der Waals surface area contributed by atoms with Gasteiger partial charge in [0, 0.05) is 30.1 Å². The maximum Gasteiger partial charge on any atom is 0.254 e. The summed E-state index contributed by atoms with van der Waals surface area (Å²) in [5, 5.41) is 0. The summed E-state index contributed by atoms with van der Waals surface area (Å²) in [5.41, 5.74) is 3.34. The maximum absolute atomic E-state index is 13.2. The Bertz CT molecular complexity index is 940. The van der Waals surface area contributed by atoms with Crippen LogP contribution in [0.5, 0.6) is 5.75 Å². The first-order valence-electron chi connectivity index (χ1n) is 9.92. The second-order valence-electron chi connectivity index (χ2n) is 7.70. The summed E-state index contributed by atoms with van der Waals surface area (Å²) in [6.07, 6.45) is 1.51. The van der Waals surface area contributed by atoms with Gasteiger partial charge in [0.05, 0.1) is 12.7 Å². The highest BCUT2D eigenvalue weighted by atomic mass is 16.5. The van der Waals surface area contributed by atoms with Gasteiger partial charge in [-0.15, -0.1) is 0 Å². The van der Waals surface area contributed by atoms with Gasteiger partial charge in [0.2, 0.25) is 0 Å². The molecule has 0 aliphatic carbocycles. The highest BCUT2D eigenvalue weighted by Crippen LogP contribution is 2.28. The predicted molar refractivity (Wildman–Crippen MR) is 112 cm³/mol. The van der Waals surface area contributed by atoms with Gasteiger partial charge in [-0.25, -0.2) is 0 Å². The molecule has 0 spiro atoms. The topological polar surface area (TPSA) is 63.7 Å². The number of piperidine rings is 1. The lowest BCUT2D eigenvalue weighted by Gasteiger charge is -2.32. The van der Waals surface area contributed by atoms with Crippen molar-refractivity contribution in [3.63, 3.8) is 0 Å². The second-order valence-corrected chi connectivity index (χ2v) is 7.70. The SMILES string of the molecule is COc1c(C)cc(C(=O)[C@@H]2CCCN(C(=O)c3ccccc3C(C)=O)C2)cc1C. The number of methoxy groups -OCH3 is 1. The lowest BCUT2D eigenvalue weighted by atomic mass is 9.88. The normalized spacial score (nSPS) is 16.4. The average Bonchev–Trinajstić information content (AvgIpc) is 2.72. The molecule has 5 nitrogen and oxygen atoms in total. The lowest BCUT2D eigenvalue weighted by molar-refractivity contribution is 0.0633. The van der Waals surface area contributed by atoms with Crippen LogP contribution in [-0.4, -0.2) is 42.6 Å². The highest BCUT2D eigenvalue weighted by molar-refractivity contribution is 6.07. The molecule has 1 heterocycles. The zero-order valence-electron chi connectivity index (χ0n) is 17.5. The first-order chi connectivity index (χ1) is 13.8. The molecule has 2 aromatic rings. The fourth-order valence-electron chi connectivity index (χ4n) is 4.17. The number of carbonyl (C=O) groups excluding carboxylic acids is 3. The van der Waals surface area contributed by atoms with Crippen LogP contribution in [0.3, 0.4) is 0 Å². The number of ketones is 2. The minimum Gasteiger partial charge on any atom is -0.496 e. The number of carbonyl (C=O) groups is 3. The van der Waals surface area contributed by atoms with Gasteiger partial charge in [0.25, 0.3) is 5.91 Å². The number of benzene rings is 2. The molecule has 5 heteroatoms. The third-order valence-electron chi connectivity index (χ3n) is 5.57. The van der Waals surface area contributed by atoms with E-state index in [9.17, 15) is 14.4 Å². The fourth-order valence-corrected chi connectivity index (χ4v) is 4.17. The molecule has 1 aliphatic rings. The number of ether oxygens (including phenoxy) is 1. The lowest BCUT2D eigenvalue weighted by Crippen LogP contribution is -2.42. The standard InChI is InChI=1S/C24H27NO4/c1-15-12-19(13-16(2)23(15)29-4)22(27)18-8-7-11-25(14-18)24(28)21-10-6-5-9-20(21)17(3)26/h5-6,9-10,12-13,18H,7-8,11,14H2,1-4H3/t18-/m1/s1. The van der Waals surface area contributed by atoms with Gasteiger partial charge in [-0.1, -0.05) is 18.2 Å².